The molecule has 0 unspecified atom stereocenters. The minimum absolute atomic E-state index is 0.0743. The number of carbonyl (C=O) groups excluding carboxylic acids is 2. The van der Waals surface area contributed by atoms with Gasteiger partial charge in [-0.05, 0) is 55.5 Å². The Morgan fingerprint density at radius 3 is 2.55 bits per heavy atom. The fraction of sp³-hybridized carbons (Fsp3) is 0.143. The summed E-state index contributed by atoms with van der Waals surface area (Å²) >= 11 is 0. The lowest BCUT2D eigenvalue weighted by Gasteiger charge is -2.10. The van der Waals surface area contributed by atoms with Crippen molar-refractivity contribution in [1.82, 2.24) is 14.9 Å². The van der Waals surface area contributed by atoms with Crippen LogP contribution in [0, 0.1) is 12.7 Å². The van der Waals surface area contributed by atoms with Gasteiger partial charge < -0.3 is 15.2 Å². The molecule has 0 saturated heterocycles. The Morgan fingerprint density at radius 1 is 1.07 bits per heavy atom. The van der Waals surface area contributed by atoms with Crippen LogP contribution in [0.2, 0.25) is 0 Å². The average molecular weight is 394 g/mol. The molecule has 0 spiro atoms. The lowest BCUT2D eigenvalue weighted by molar-refractivity contribution is -0.116. The maximum atomic E-state index is 12.9. The van der Waals surface area contributed by atoms with Crippen LogP contribution in [0.4, 0.5) is 10.1 Å². The highest BCUT2D eigenvalue weighted by atomic mass is 19.1. The number of nitrogens with zero attached hydrogens (tertiary/aromatic N) is 2. The first-order valence-corrected chi connectivity index (χ1v) is 8.88. The quantitative estimate of drug-likeness (QED) is 0.671. The number of carbonyl (C=O) groups is 2. The zero-order valence-corrected chi connectivity index (χ0v) is 15.7. The summed E-state index contributed by atoms with van der Waals surface area (Å²) in [5.74, 6) is -1.44. The molecule has 29 heavy (non-hydrogen) atoms. The summed E-state index contributed by atoms with van der Waals surface area (Å²) in [7, 11) is 0. The first-order chi connectivity index (χ1) is 13.9. The molecule has 1 aromatic carbocycles. The van der Waals surface area contributed by atoms with Crippen molar-refractivity contribution in [2.75, 3.05) is 5.32 Å². The van der Waals surface area contributed by atoms with Crippen molar-refractivity contribution in [1.29, 1.82) is 0 Å². The number of rotatable bonds is 6. The van der Waals surface area contributed by atoms with Crippen molar-refractivity contribution in [3.63, 3.8) is 0 Å². The Kier molecular flexibility index (Phi) is 6.13. The molecule has 0 aliphatic rings. The van der Waals surface area contributed by atoms with Crippen LogP contribution in [0.25, 0.3) is 0 Å². The number of halogens is 1. The minimum Gasteiger partial charge on any atom is -0.346 e. The van der Waals surface area contributed by atoms with Gasteiger partial charge in [-0.3, -0.25) is 19.4 Å². The number of benzene rings is 1. The minimum atomic E-state index is -0.587. The number of hydrogen-bond donors (Lipinski definition) is 2. The third-order valence-electron chi connectivity index (χ3n) is 4.08. The number of anilines is 1. The van der Waals surface area contributed by atoms with Crippen LogP contribution in [0.5, 0.6) is 0 Å². The molecule has 2 aromatic heterocycles. The van der Waals surface area contributed by atoms with Gasteiger partial charge in [-0.25, -0.2) is 4.39 Å². The summed E-state index contributed by atoms with van der Waals surface area (Å²) < 4.78 is 14.1. The Labute approximate surface area is 166 Å². The Hall–Kier alpha value is -3.81. The molecule has 0 atom stereocenters. The summed E-state index contributed by atoms with van der Waals surface area (Å²) in [6.45, 7) is 1.74. The van der Waals surface area contributed by atoms with Crippen LogP contribution in [0.1, 0.15) is 21.7 Å². The smallest absolute Gasteiger partial charge is 0.263 e. The van der Waals surface area contributed by atoms with Crippen LogP contribution >= 0.6 is 0 Å². The third kappa shape index (κ3) is 5.35. The van der Waals surface area contributed by atoms with Crippen molar-refractivity contribution in [3.8, 4) is 0 Å². The molecule has 3 rings (SSSR count). The van der Waals surface area contributed by atoms with E-state index in [1.54, 1.807) is 6.07 Å². The van der Waals surface area contributed by atoms with Gasteiger partial charge in [-0.15, -0.1) is 0 Å². The molecular formula is C21H19FN4O3. The van der Waals surface area contributed by atoms with E-state index in [1.165, 1.54) is 42.6 Å². The molecule has 0 aliphatic carbocycles. The summed E-state index contributed by atoms with van der Waals surface area (Å²) in [6.07, 6.45) is 1.42. The lowest BCUT2D eigenvalue weighted by Crippen LogP contribution is -2.34. The summed E-state index contributed by atoms with van der Waals surface area (Å²) in [4.78, 5) is 41.4. The molecule has 0 fully saturated rings. The first kappa shape index (κ1) is 19.9. The first-order valence-electron chi connectivity index (χ1n) is 8.88. The number of nitrogens with one attached hydrogen (secondary N) is 2. The molecule has 7 nitrogen and oxygen atoms in total. The van der Waals surface area contributed by atoms with E-state index in [0.29, 0.717) is 11.4 Å². The highest BCUT2D eigenvalue weighted by Gasteiger charge is 2.14. The van der Waals surface area contributed by atoms with Gasteiger partial charge in [0.1, 0.15) is 17.9 Å². The Balaban J connectivity index is 1.66. The average Bonchev–Trinajstić information content (AvgIpc) is 2.69. The van der Waals surface area contributed by atoms with Crippen molar-refractivity contribution in [2.45, 2.75) is 20.0 Å². The predicted octanol–water partition coefficient (Wildman–Crippen LogP) is 2.26. The zero-order chi connectivity index (χ0) is 20.8. The van der Waals surface area contributed by atoms with E-state index in [2.05, 4.69) is 15.6 Å². The van der Waals surface area contributed by atoms with Gasteiger partial charge in [0.2, 0.25) is 5.91 Å². The van der Waals surface area contributed by atoms with Gasteiger partial charge in [0.25, 0.3) is 11.5 Å². The van der Waals surface area contributed by atoms with Gasteiger partial charge in [0, 0.05) is 17.6 Å². The maximum Gasteiger partial charge on any atom is 0.263 e. The van der Waals surface area contributed by atoms with Gasteiger partial charge in [-0.1, -0.05) is 6.07 Å². The van der Waals surface area contributed by atoms with Crippen LogP contribution in [0.3, 0.4) is 0 Å². The lowest BCUT2D eigenvalue weighted by atomic mass is 10.2. The van der Waals surface area contributed by atoms with E-state index in [4.69, 9.17) is 0 Å². The monoisotopic (exact) mass is 394 g/mol. The van der Waals surface area contributed by atoms with Crippen molar-refractivity contribution in [3.05, 3.63) is 93.9 Å². The van der Waals surface area contributed by atoms with Crippen LogP contribution in [-0.4, -0.2) is 21.4 Å². The number of amides is 2. The van der Waals surface area contributed by atoms with E-state index < -0.39 is 23.2 Å². The van der Waals surface area contributed by atoms with Gasteiger partial charge in [0.15, 0.2) is 0 Å². The molecule has 0 bridgehead atoms. The Morgan fingerprint density at radius 2 is 1.83 bits per heavy atom. The summed E-state index contributed by atoms with van der Waals surface area (Å²) in [5.41, 5.74) is 1.24. The zero-order valence-electron chi connectivity index (χ0n) is 15.7. The second kappa shape index (κ2) is 8.92. The van der Waals surface area contributed by atoms with Gasteiger partial charge >= 0.3 is 0 Å². The van der Waals surface area contributed by atoms with Crippen molar-refractivity contribution < 1.29 is 14.0 Å². The van der Waals surface area contributed by atoms with Gasteiger partial charge in [-0.2, -0.15) is 0 Å². The molecule has 148 valence electrons. The van der Waals surface area contributed by atoms with E-state index in [-0.39, 0.29) is 18.7 Å². The van der Waals surface area contributed by atoms with Gasteiger partial charge in [0.05, 0.1) is 12.2 Å². The van der Waals surface area contributed by atoms with Crippen LogP contribution in [0.15, 0.2) is 65.6 Å². The molecule has 2 heterocycles. The summed E-state index contributed by atoms with van der Waals surface area (Å²) in [6, 6.07) is 13.6. The fourth-order valence-electron chi connectivity index (χ4n) is 2.69. The number of hydrogen-bond acceptors (Lipinski definition) is 4. The topological polar surface area (TPSA) is 93.1 Å². The van der Waals surface area contributed by atoms with E-state index >= 15 is 0 Å². The molecule has 0 aliphatic heterocycles. The maximum absolute atomic E-state index is 12.9. The fourth-order valence-corrected chi connectivity index (χ4v) is 2.69. The number of aryl methyl sites for hydroxylation is 1. The number of aromatic nitrogens is 2. The van der Waals surface area contributed by atoms with E-state index in [0.717, 1.165) is 10.3 Å². The molecular weight excluding hydrogens is 375 g/mol. The van der Waals surface area contributed by atoms with Crippen molar-refractivity contribution in [2.24, 2.45) is 0 Å². The highest BCUT2D eigenvalue weighted by molar-refractivity contribution is 5.94. The molecule has 3 aromatic rings. The van der Waals surface area contributed by atoms with Crippen LogP contribution < -0.4 is 16.2 Å². The van der Waals surface area contributed by atoms with Crippen LogP contribution in [-0.2, 0) is 17.9 Å². The second-order valence-electron chi connectivity index (χ2n) is 6.36. The predicted molar refractivity (Wildman–Crippen MR) is 106 cm³/mol. The third-order valence-corrected chi connectivity index (χ3v) is 4.08. The standard InChI is InChI=1S/C21H19FN4O3/c1-14-4-2-5-17(24-14)12-23-20(28)18-6-3-11-26(21(18)29)13-19(27)25-16-9-7-15(22)8-10-16/h2-11H,12-13H2,1H3,(H,23,28)(H,25,27). The SMILES string of the molecule is Cc1cccc(CNC(=O)c2cccn(CC(=O)Nc3ccc(F)cc3)c2=O)n1. The second-order valence-corrected chi connectivity index (χ2v) is 6.36. The molecule has 0 radical (unpaired) electrons. The van der Waals surface area contributed by atoms with E-state index in [9.17, 15) is 18.8 Å². The normalized spacial score (nSPS) is 10.4. The number of pyridine rings is 2. The highest BCUT2D eigenvalue weighted by Crippen LogP contribution is 2.08. The largest absolute Gasteiger partial charge is 0.346 e. The van der Waals surface area contributed by atoms with E-state index in [1.807, 2.05) is 19.1 Å². The summed E-state index contributed by atoms with van der Waals surface area (Å²) in [5, 5.41) is 5.23. The molecule has 2 N–H and O–H groups in total. The van der Waals surface area contributed by atoms with Crippen molar-refractivity contribution >= 4 is 17.5 Å². The Bertz CT molecular complexity index is 1090. The molecule has 8 heteroatoms. The molecule has 0 saturated carbocycles. The molecule has 2 amide bonds.